The van der Waals surface area contributed by atoms with Gasteiger partial charge in [0.05, 0.1) is 25.9 Å². The van der Waals surface area contributed by atoms with Gasteiger partial charge in [0.25, 0.3) is 0 Å². The van der Waals surface area contributed by atoms with Crippen LogP contribution in [0.2, 0.25) is 0 Å². The number of ether oxygens (including phenoxy) is 2. The van der Waals surface area contributed by atoms with Crippen LogP contribution in [0.3, 0.4) is 0 Å². The van der Waals surface area contributed by atoms with Crippen LogP contribution in [0.15, 0.2) is 24.3 Å². The Morgan fingerprint density at radius 2 is 1.95 bits per heavy atom. The summed E-state index contributed by atoms with van der Waals surface area (Å²) in [4.78, 5) is 0. The zero-order valence-corrected chi connectivity index (χ0v) is 12.6. The zero-order chi connectivity index (χ0) is 16.1. The van der Waals surface area contributed by atoms with Crippen molar-refractivity contribution in [2.45, 2.75) is 49.8 Å². The molecule has 0 unspecified atom stereocenters. The first kappa shape index (κ1) is 17.2. The fourth-order valence-corrected chi connectivity index (χ4v) is 2.69. The monoisotopic (exact) mass is 312 g/mol. The second kappa shape index (κ2) is 7.89. The Kier molecular flexibility index (Phi) is 6.16. The molecule has 1 aromatic rings. The third kappa shape index (κ3) is 4.18. The van der Waals surface area contributed by atoms with E-state index < -0.39 is 30.5 Å². The van der Waals surface area contributed by atoms with Crippen molar-refractivity contribution in [3.05, 3.63) is 29.8 Å². The van der Waals surface area contributed by atoms with Crippen LogP contribution in [0.25, 0.3) is 0 Å². The van der Waals surface area contributed by atoms with Crippen LogP contribution >= 0.6 is 0 Å². The van der Waals surface area contributed by atoms with Gasteiger partial charge >= 0.3 is 0 Å². The third-order valence-corrected chi connectivity index (χ3v) is 4.05. The Balaban J connectivity index is 1.84. The van der Waals surface area contributed by atoms with Gasteiger partial charge in [-0.05, 0) is 24.5 Å². The van der Waals surface area contributed by atoms with Gasteiger partial charge in [0.2, 0.25) is 0 Å². The molecule has 0 spiro atoms. The van der Waals surface area contributed by atoms with E-state index >= 15 is 0 Å². The van der Waals surface area contributed by atoms with Crippen molar-refractivity contribution in [1.29, 1.82) is 0 Å². The molecular weight excluding hydrogens is 288 g/mol. The molecule has 1 heterocycles. The maximum absolute atomic E-state index is 10.1. The van der Waals surface area contributed by atoms with Crippen LogP contribution in [0.4, 0.5) is 0 Å². The van der Waals surface area contributed by atoms with Crippen molar-refractivity contribution in [2.75, 3.05) is 13.7 Å². The number of rotatable bonds is 6. The molecule has 0 saturated carbocycles. The summed E-state index contributed by atoms with van der Waals surface area (Å²) in [5.74, 6) is 0.780. The molecule has 5 atom stereocenters. The first-order chi connectivity index (χ1) is 10.5. The van der Waals surface area contributed by atoms with E-state index in [0.717, 1.165) is 11.3 Å². The second-order valence-electron chi connectivity index (χ2n) is 5.66. The summed E-state index contributed by atoms with van der Waals surface area (Å²) in [6.45, 7) is -0.0396. The van der Waals surface area contributed by atoms with E-state index in [-0.39, 0.29) is 13.0 Å². The Labute approximate surface area is 129 Å². The maximum atomic E-state index is 10.1. The lowest BCUT2D eigenvalue weighted by Gasteiger charge is -2.36. The summed E-state index contributed by atoms with van der Waals surface area (Å²) in [5, 5.41) is 39.0. The molecule has 22 heavy (non-hydrogen) atoms. The van der Waals surface area contributed by atoms with E-state index in [1.165, 1.54) is 0 Å². The van der Waals surface area contributed by atoms with Crippen molar-refractivity contribution in [3.63, 3.8) is 0 Å². The predicted molar refractivity (Wildman–Crippen MR) is 79.7 cm³/mol. The average molecular weight is 312 g/mol. The third-order valence-electron chi connectivity index (χ3n) is 4.05. The Hall–Kier alpha value is -1.18. The molecule has 124 valence electrons. The lowest BCUT2D eigenvalue weighted by atomic mass is 9.94. The minimum absolute atomic E-state index is 0.0396. The van der Waals surface area contributed by atoms with Gasteiger partial charge in [-0.2, -0.15) is 0 Å². The molecule has 0 aromatic heterocycles. The summed E-state index contributed by atoms with van der Waals surface area (Å²) < 4.78 is 10.6. The number of hydrogen-bond donors (Lipinski definition) is 4. The van der Waals surface area contributed by atoms with Crippen LogP contribution in [-0.2, 0) is 11.2 Å². The predicted octanol–water partition coefficient (Wildman–Crippen LogP) is -0.140. The highest BCUT2D eigenvalue weighted by molar-refractivity contribution is 5.33. The SMILES string of the molecule is COc1ccccc1CC[C@H](O)C[C@@H]1OC[C@@H](O)[C@H](O)[C@H]1O. The number of methoxy groups -OCH3 is 1. The molecule has 1 saturated heterocycles. The van der Waals surface area contributed by atoms with Gasteiger partial charge < -0.3 is 29.9 Å². The topological polar surface area (TPSA) is 99.4 Å². The van der Waals surface area contributed by atoms with Gasteiger partial charge in [0, 0.05) is 6.42 Å². The standard InChI is InChI=1S/C16H24O6/c1-21-13-5-3-2-4-10(13)6-7-11(17)8-14-16(20)15(19)12(18)9-22-14/h2-5,11-12,14-20H,6-9H2,1H3/t11-,12+,14-,15-,16-/m0/s1. The molecule has 0 radical (unpaired) electrons. The number of aliphatic hydroxyl groups is 4. The van der Waals surface area contributed by atoms with Crippen molar-refractivity contribution in [3.8, 4) is 5.75 Å². The minimum Gasteiger partial charge on any atom is -0.496 e. The first-order valence-corrected chi connectivity index (χ1v) is 7.48. The lowest BCUT2D eigenvalue weighted by molar-refractivity contribution is -0.193. The number of benzene rings is 1. The van der Waals surface area contributed by atoms with Crippen molar-refractivity contribution >= 4 is 0 Å². The van der Waals surface area contributed by atoms with Gasteiger partial charge in [0.1, 0.15) is 24.1 Å². The van der Waals surface area contributed by atoms with Crippen molar-refractivity contribution in [2.24, 2.45) is 0 Å². The zero-order valence-electron chi connectivity index (χ0n) is 12.6. The van der Waals surface area contributed by atoms with Crippen LogP contribution in [0, 0.1) is 0 Å². The molecule has 0 bridgehead atoms. The average Bonchev–Trinajstić information content (AvgIpc) is 2.53. The number of aryl methyl sites for hydroxylation is 1. The Morgan fingerprint density at radius 1 is 1.23 bits per heavy atom. The van der Waals surface area contributed by atoms with E-state index in [1.54, 1.807) is 7.11 Å². The highest BCUT2D eigenvalue weighted by Gasteiger charge is 2.38. The van der Waals surface area contributed by atoms with E-state index in [0.29, 0.717) is 12.8 Å². The van der Waals surface area contributed by atoms with E-state index in [9.17, 15) is 20.4 Å². The largest absolute Gasteiger partial charge is 0.496 e. The van der Waals surface area contributed by atoms with Crippen molar-refractivity contribution < 1.29 is 29.9 Å². The molecule has 4 N–H and O–H groups in total. The molecule has 0 aliphatic carbocycles. The van der Waals surface area contributed by atoms with E-state index in [4.69, 9.17) is 9.47 Å². The van der Waals surface area contributed by atoms with Crippen LogP contribution in [0.1, 0.15) is 18.4 Å². The van der Waals surface area contributed by atoms with Crippen LogP contribution in [0.5, 0.6) is 5.75 Å². The molecule has 1 aliphatic heterocycles. The highest BCUT2D eigenvalue weighted by atomic mass is 16.5. The van der Waals surface area contributed by atoms with Crippen molar-refractivity contribution in [1.82, 2.24) is 0 Å². The summed E-state index contributed by atoms with van der Waals surface area (Å²) in [7, 11) is 1.61. The Bertz CT molecular complexity index is 466. The van der Waals surface area contributed by atoms with Gasteiger partial charge in [-0.1, -0.05) is 18.2 Å². The highest BCUT2D eigenvalue weighted by Crippen LogP contribution is 2.23. The normalized spacial score (nSPS) is 30.0. The van der Waals surface area contributed by atoms with E-state index in [2.05, 4.69) is 0 Å². The molecule has 6 nitrogen and oxygen atoms in total. The first-order valence-electron chi connectivity index (χ1n) is 7.48. The van der Waals surface area contributed by atoms with Gasteiger partial charge in [-0.15, -0.1) is 0 Å². The molecule has 1 aromatic carbocycles. The minimum atomic E-state index is -1.24. The fraction of sp³-hybridized carbons (Fsp3) is 0.625. The molecule has 1 aliphatic rings. The molecular formula is C16H24O6. The number of para-hydroxylation sites is 1. The summed E-state index contributed by atoms with van der Waals surface area (Å²) in [5.41, 5.74) is 1.00. The lowest BCUT2D eigenvalue weighted by Crippen LogP contribution is -2.53. The summed E-state index contributed by atoms with van der Waals surface area (Å²) in [6.07, 6.45) is -3.52. The van der Waals surface area contributed by atoms with Crippen LogP contribution in [-0.4, -0.2) is 64.7 Å². The van der Waals surface area contributed by atoms with Gasteiger partial charge in [0.15, 0.2) is 0 Å². The summed E-state index contributed by atoms with van der Waals surface area (Å²) >= 11 is 0. The molecule has 1 fully saturated rings. The smallest absolute Gasteiger partial charge is 0.122 e. The molecule has 6 heteroatoms. The van der Waals surface area contributed by atoms with Gasteiger partial charge in [-0.3, -0.25) is 0 Å². The van der Waals surface area contributed by atoms with E-state index in [1.807, 2.05) is 24.3 Å². The molecule has 0 amide bonds. The Morgan fingerprint density at radius 3 is 2.68 bits per heavy atom. The maximum Gasteiger partial charge on any atom is 0.122 e. The number of hydrogen-bond acceptors (Lipinski definition) is 6. The fourth-order valence-electron chi connectivity index (χ4n) is 2.69. The summed E-state index contributed by atoms with van der Waals surface area (Å²) in [6, 6.07) is 7.61. The molecule has 2 rings (SSSR count). The van der Waals surface area contributed by atoms with Crippen LogP contribution < -0.4 is 4.74 Å². The number of aliphatic hydroxyl groups excluding tert-OH is 4. The quantitative estimate of drug-likeness (QED) is 0.583. The second-order valence-corrected chi connectivity index (χ2v) is 5.66. The van der Waals surface area contributed by atoms with Gasteiger partial charge in [-0.25, -0.2) is 0 Å².